The lowest BCUT2D eigenvalue weighted by molar-refractivity contribution is 0.338. The second-order valence-electron chi connectivity index (χ2n) is 4.72. The van der Waals surface area contributed by atoms with E-state index < -0.39 is 23.5 Å². The molecule has 1 atom stereocenters. The molecule has 3 nitrogen and oxygen atoms in total. The van der Waals surface area contributed by atoms with Crippen molar-refractivity contribution >= 4 is 17.3 Å². The number of halogens is 3. The number of nitrogens with zero attached hydrogens (tertiary/aromatic N) is 2. The summed E-state index contributed by atoms with van der Waals surface area (Å²) < 4.78 is 39.9. The van der Waals surface area contributed by atoms with Crippen molar-refractivity contribution in [3.63, 3.8) is 0 Å². The molecule has 2 aromatic rings. The summed E-state index contributed by atoms with van der Waals surface area (Å²) in [6.45, 7) is 0.792. The summed E-state index contributed by atoms with van der Waals surface area (Å²) in [5.41, 5.74) is 6.17. The number of aliphatic imine (C=N–C) groups is 1. The first-order chi connectivity index (χ1) is 10.1. The molecule has 0 aliphatic carbocycles. The molecule has 21 heavy (non-hydrogen) atoms. The Morgan fingerprint density at radius 1 is 1.29 bits per heavy atom. The third-order valence-corrected chi connectivity index (χ3v) is 4.26. The van der Waals surface area contributed by atoms with Crippen LogP contribution in [0.4, 0.5) is 13.2 Å². The Morgan fingerprint density at radius 2 is 2.00 bits per heavy atom. The van der Waals surface area contributed by atoms with Gasteiger partial charge in [0.05, 0.1) is 19.1 Å². The zero-order chi connectivity index (χ0) is 15.0. The van der Waals surface area contributed by atoms with Crippen molar-refractivity contribution in [3.8, 4) is 0 Å². The topological polar surface area (TPSA) is 41.6 Å². The van der Waals surface area contributed by atoms with Crippen LogP contribution in [0.15, 0.2) is 34.6 Å². The number of hydrogen-bond donors (Lipinski definition) is 1. The van der Waals surface area contributed by atoms with Crippen molar-refractivity contribution in [2.75, 3.05) is 6.54 Å². The molecule has 0 bridgehead atoms. The maximum Gasteiger partial charge on any atom is 0.194 e. The van der Waals surface area contributed by atoms with E-state index in [-0.39, 0.29) is 0 Å². The Morgan fingerprint density at radius 3 is 2.62 bits per heavy atom. The fourth-order valence-corrected chi connectivity index (χ4v) is 3.05. The molecule has 0 saturated heterocycles. The highest BCUT2D eigenvalue weighted by Crippen LogP contribution is 2.30. The lowest BCUT2D eigenvalue weighted by atomic mass is 10.1. The molecule has 3 rings (SSSR count). The molecule has 2 heterocycles. The Labute approximate surface area is 123 Å². The van der Waals surface area contributed by atoms with Gasteiger partial charge in [-0.1, -0.05) is 6.07 Å². The predicted molar refractivity (Wildman–Crippen MR) is 75.4 cm³/mol. The average molecular weight is 311 g/mol. The summed E-state index contributed by atoms with van der Waals surface area (Å²) in [7, 11) is 0. The van der Waals surface area contributed by atoms with Crippen molar-refractivity contribution < 1.29 is 13.2 Å². The fourth-order valence-electron chi connectivity index (χ4n) is 2.34. The number of hydrogen-bond acceptors (Lipinski definition) is 4. The first-order valence-corrected chi connectivity index (χ1v) is 7.17. The summed E-state index contributed by atoms with van der Waals surface area (Å²) in [6, 6.07) is 5.46. The van der Waals surface area contributed by atoms with Crippen LogP contribution in [0.3, 0.4) is 0 Å². The number of benzene rings is 1. The molecule has 0 amide bonds. The molecule has 1 aromatic carbocycles. The molecule has 1 aliphatic heterocycles. The third kappa shape index (κ3) is 2.61. The van der Waals surface area contributed by atoms with E-state index in [0.717, 1.165) is 17.0 Å². The second-order valence-corrected chi connectivity index (χ2v) is 5.75. The van der Waals surface area contributed by atoms with Crippen molar-refractivity contribution in [1.82, 2.24) is 4.90 Å². The monoisotopic (exact) mass is 311 g/mol. The van der Waals surface area contributed by atoms with Crippen LogP contribution in [-0.4, -0.2) is 17.4 Å². The zero-order valence-electron chi connectivity index (χ0n) is 10.9. The van der Waals surface area contributed by atoms with Gasteiger partial charge in [-0.05, 0) is 29.1 Å². The van der Waals surface area contributed by atoms with E-state index in [0.29, 0.717) is 24.6 Å². The third-order valence-electron chi connectivity index (χ3n) is 3.39. The number of guanidine groups is 1. The Kier molecular flexibility index (Phi) is 3.59. The molecule has 2 N–H and O–H groups in total. The summed E-state index contributed by atoms with van der Waals surface area (Å²) in [4.78, 5) is 6.94. The van der Waals surface area contributed by atoms with Crippen LogP contribution in [0.2, 0.25) is 0 Å². The lowest BCUT2D eigenvalue weighted by Gasteiger charge is -2.26. The van der Waals surface area contributed by atoms with E-state index in [9.17, 15) is 13.2 Å². The molecule has 0 saturated carbocycles. The molecule has 1 aromatic heterocycles. The highest BCUT2D eigenvalue weighted by molar-refractivity contribution is 7.09. The molecule has 0 spiro atoms. The minimum Gasteiger partial charge on any atom is -0.370 e. The summed E-state index contributed by atoms with van der Waals surface area (Å²) in [5, 5.41) is 1.94. The number of thiophene rings is 1. The van der Waals surface area contributed by atoms with Crippen molar-refractivity contribution in [3.05, 3.63) is 57.5 Å². The van der Waals surface area contributed by atoms with Gasteiger partial charge in [0.2, 0.25) is 0 Å². The Bertz CT molecular complexity index is 662. The normalized spacial score (nSPS) is 18.1. The van der Waals surface area contributed by atoms with Gasteiger partial charge in [-0.2, -0.15) is 0 Å². The van der Waals surface area contributed by atoms with Crippen LogP contribution in [0, 0.1) is 17.5 Å². The van der Waals surface area contributed by atoms with E-state index in [1.54, 1.807) is 16.2 Å². The first kappa shape index (κ1) is 13.9. The van der Waals surface area contributed by atoms with Gasteiger partial charge in [0, 0.05) is 4.88 Å². The van der Waals surface area contributed by atoms with Gasteiger partial charge in [0.15, 0.2) is 23.4 Å². The van der Waals surface area contributed by atoms with Crippen LogP contribution in [-0.2, 0) is 6.54 Å². The smallest absolute Gasteiger partial charge is 0.194 e. The standard InChI is InChI=1S/C14H12F3N3S/c15-10-4-8(5-11(16)13(10)17)12-6-19-14(18)20(12)7-9-2-1-3-21-9/h1-5,12H,6-7H2,(H2,18,19). The lowest BCUT2D eigenvalue weighted by Crippen LogP contribution is -2.35. The highest BCUT2D eigenvalue weighted by atomic mass is 32.1. The first-order valence-electron chi connectivity index (χ1n) is 6.29. The molecular formula is C14H12F3N3S. The molecule has 7 heteroatoms. The van der Waals surface area contributed by atoms with E-state index in [1.165, 1.54) is 0 Å². The summed E-state index contributed by atoms with van der Waals surface area (Å²) in [5.74, 6) is -3.55. The van der Waals surface area contributed by atoms with Crippen LogP contribution in [0.25, 0.3) is 0 Å². The minimum atomic E-state index is -1.46. The van der Waals surface area contributed by atoms with E-state index >= 15 is 0 Å². The molecule has 110 valence electrons. The van der Waals surface area contributed by atoms with Gasteiger partial charge < -0.3 is 10.6 Å². The molecular weight excluding hydrogens is 299 g/mol. The number of nitrogens with two attached hydrogens (primary N) is 1. The fraction of sp³-hybridized carbons (Fsp3) is 0.214. The van der Waals surface area contributed by atoms with Crippen molar-refractivity contribution in [2.45, 2.75) is 12.6 Å². The Hall–Kier alpha value is -2.02. The zero-order valence-corrected chi connectivity index (χ0v) is 11.7. The number of rotatable bonds is 3. The van der Waals surface area contributed by atoms with Crippen LogP contribution < -0.4 is 5.73 Å². The van der Waals surface area contributed by atoms with Crippen LogP contribution in [0.5, 0.6) is 0 Å². The maximum atomic E-state index is 13.4. The van der Waals surface area contributed by atoms with Crippen molar-refractivity contribution in [1.29, 1.82) is 0 Å². The maximum absolute atomic E-state index is 13.4. The molecule has 0 radical (unpaired) electrons. The van der Waals surface area contributed by atoms with Crippen molar-refractivity contribution in [2.24, 2.45) is 10.7 Å². The SMILES string of the molecule is NC1=NCC(c2cc(F)c(F)c(F)c2)N1Cc1cccs1. The van der Waals surface area contributed by atoms with Crippen LogP contribution >= 0.6 is 11.3 Å². The summed E-state index contributed by atoms with van der Waals surface area (Å²) in [6.07, 6.45) is 0. The molecule has 1 aliphatic rings. The quantitative estimate of drug-likeness (QED) is 0.885. The molecule has 1 unspecified atom stereocenters. The predicted octanol–water partition coefficient (Wildman–Crippen LogP) is 3.04. The van der Waals surface area contributed by atoms with E-state index in [4.69, 9.17) is 5.73 Å². The van der Waals surface area contributed by atoms with Gasteiger partial charge in [-0.15, -0.1) is 11.3 Å². The largest absolute Gasteiger partial charge is 0.370 e. The second kappa shape index (κ2) is 5.40. The van der Waals surface area contributed by atoms with Gasteiger partial charge >= 0.3 is 0 Å². The van der Waals surface area contributed by atoms with Gasteiger partial charge in [-0.25, -0.2) is 13.2 Å². The van der Waals surface area contributed by atoms with Gasteiger partial charge in [0.1, 0.15) is 0 Å². The van der Waals surface area contributed by atoms with Gasteiger partial charge in [0.25, 0.3) is 0 Å². The van der Waals surface area contributed by atoms with Crippen LogP contribution in [0.1, 0.15) is 16.5 Å². The minimum absolute atomic E-state index is 0.293. The Balaban J connectivity index is 1.90. The van der Waals surface area contributed by atoms with E-state index in [2.05, 4.69) is 4.99 Å². The average Bonchev–Trinajstić information content (AvgIpc) is 3.07. The van der Waals surface area contributed by atoms with Gasteiger partial charge in [-0.3, -0.25) is 4.99 Å². The van der Waals surface area contributed by atoms with E-state index in [1.807, 2.05) is 17.5 Å². The molecule has 0 fully saturated rings. The highest BCUT2D eigenvalue weighted by Gasteiger charge is 2.29. The summed E-state index contributed by atoms with van der Waals surface area (Å²) >= 11 is 1.56.